The molecule has 0 fully saturated rings. The van der Waals surface area contributed by atoms with Crippen LogP contribution in [0.4, 0.5) is 0 Å². The Labute approximate surface area is 144 Å². The second-order valence-corrected chi connectivity index (χ2v) is 5.78. The summed E-state index contributed by atoms with van der Waals surface area (Å²) in [6.07, 6.45) is 0. The van der Waals surface area contributed by atoms with E-state index in [1.807, 2.05) is 13.8 Å². The topological polar surface area (TPSA) is 82.5 Å². The van der Waals surface area contributed by atoms with Crippen molar-refractivity contribution in [2.45, 2.75) is 19.9 Å². The van der Waals surface area contributed by atoms with E-state index >= 15 is 0 Å². The standard InChI is InChI=1S/C18H17NO4.ClH/c1-10(2)16(19)18(21)22-11-7-8-13-15(9-11)23-14-6-4-3-5-12(14)17(13)20;/h3-10,16H,19H2,1-2H3;1H/t16-;/m0./s1. The smallest absolute Gasteiger partial charge is 0.328 e. The van der Waals surface area contributed by atoms with Crippen molar-refractivity contribution in [3.63, 3.8) is 0 Å². The van der Waals surface area contributed by atoms with Crippen LogP contribution in [-0.2, 0) is 4.79 Å². The van der Waals surface area contributed by atoms with Gasteiger partial charge >= 0.3 is 5.97 Å². The fraction of sp³-hybridized carbons (Fsp3) is 0.222. The number of para-hydroxylation sites is 1. The number of rotatable bonds is 3. The van der Waals surface area contributed by atoms with Gasteiger partial charge in [-0.1, -0.05) is 26.0 Å². The third-order valence-electron chi connectivity index (χ3n) is 3.76. The lowest BCUT2D eigenvalue weighted by Crippen LogP contribution is -2.38. The monoisotopic (exact) mass is 347 g/mol. The molecule has 0 saturated heterocycles. The molecule has 0 bridgehead atoms. The first-order chi connectivity index (χ1) is 11.0. The highest BCUT2D eigenvalue weighted by molar-refractivity contribution is 5.90. The molecule has 0 amide bonds. The normalized spacial score (nSPS) is 12.2. The van der Waals surface area contributed by atoms with Gasteiger partial charge in [0.1, 0.15) is 23.0 Å². The molecular formula is C18H18ClNO4. The highest BCUT2D eigenvalue weighted by Gasteiger charge is 2.20. The average molecular weight is 348 g/mol. The Morgan fingerprint density at radius 2 is 1.75 bits per heavy atom. The van der Waals surface area contributed by atoms with E-state index in [0.29, 0.717) is 27.7 Å². The van der Waals surface area contributed by atoms with E-state index < -0.39 is 12.0 Å². The lowest BCUT2D eigenvalue weighted by molar-refractivity contribution is -0.136. The summed E-state index contributed by atoms with van der Waals surface area (Å²) in [5, 5.41) is 0.961. The Morgan fingerprint density at radius 3 is 2.46 bits per heavy atom. The molecule has 0 unspecified atom stereocenters. The molecule has 2 aromatic carbocycles. The van der Waals surface area contributed by atoms with E-state index in [-0.39, 0.29) is 23.8 Å². The zero-order chi connectivity index (χ0) is 16.6. The number of halogens is 1. The number of hydrogen-bond acceptors (Lipinski definition) is 5. The summed E-state index contributed by atoms with van der Waals surface area (Å²) >= 11 is 0. The van der Waals surface area contributed by atoms with Crippen LogP contribution >= 0.6 is 12.4 Å². The summed E-state index contributed by atoms with van der Waals surface area (Å²) in [6, 6.07) is 11.0. The molecule has 0 saturated carbocycles. The third-order valence-corrected chi connectivity index (χ3v) is 3.76. The minimum Gasteiger partial charge on any atom is -0.456 e. The molecule has 3 aromatic rings. The maximum atomic E-state index is 12.4. The van der Waals surface area contributed by atoms with E-state index in [0.717, 1.165) is 0 Å². The summed E-state index contributed by atoms with van der Waals surface area (Å²) in [6.45, 7) is 3.69. The number of ether oxygens (including phenoxy) is 1. The fourth-order valence-corrected chi connectivity index (χ4v) is 2.30. The van der Waals surface area contributed by atoms with E-state index in [4.69, 9.17) is 14.9 Å². The molecule has 2 N–H and O–H groups in total. The molecule has 1 aromatic heterocycles. The van der Waals surface area contributed by atoms with Gasteiger partial charge in [0.05, 0.1) is 10.8 Å². The van der Waals surface area contributed by atoms with E-state index in [9.17, 15) is 9.59 Å². The van der Waals surface area contributed by atoms with Crippen LogP contribution in [0.3, 0.4) is 0 Å². The SMILES string of the molecule is CC(C)[C@H](N)C(=O)Oc1ccc2c(=O)c3ccccc3oc2c1.Cl. The maximum Gasteiger partial charge on any atom is 0.328 e. The summed E-state index contributed by atoms with van der Waals surface area (Å²) in [5.74, 6) is -0.232. The van der Waals surface area contributed by atoms with Crippen LogP contribution in [0.25, 0.3) is 21.9 Å². The van der Waals surface area contributed by atoms with Gasteiger partial charge in [0.15, 0.2) is 0 Å². The molecule has 1 heterocycles. The van der Waals surface area contributed by atoms with Crippen molar-refractivity contribution < 1.29 is 13.9 Å². The van der Waals surface area contributed by atoms with Gasteiger partial charge in [0, 0.05) is 6.07 Å². The summed E-state index contributed by atoms with van der Waals surface area (Å²) in [4.78, 5) is 24.4. The molecule has 3 rings (SSSR count). The Bertz CT molecular complexity index is 949. The minimum absolute atomic E-state index is 0. The molecule has 6 heteroatoms. The fourth-order valence-electron chi connectivity index (χ4n) is 2.30. The molecule has 126 valence electrons. The molecule has 0 radical (unpaired) electrons. The van der Waals surface area contributed by atoms with Crippen molar-refractivity contribution in [3.05, 3.63) is 52.7 Å². The molecule has 1 atom stereocenters. The van der Waals surface area contributed by atoms with Gasteiger partial charge in [-0.15, -0.1) is 12.4 Å². The number of nitrogens with two attached hydrogens (primary N) is 1. The first-order valence-electron chi connectivity index (χ1n) is 7.40. The van der Waals surface area contributed by atoms with Crippen molar-refractivity contribution in [2.24, 2.45) is 11.7 Å². The minimum atomic E-state index is -0.700. The highest BCUT2D eigenvalue weighted by atomic mass is 35.5. The van der Waals surface area contributed by atoms with Gasteiger partial charge in [-0.3, -0.25) is 4.79 Å². The molecule has 5 nitrogen and oxygen atoms in total. The average Bonchev–Trinajstić information content (AvgIpc) is 2.54. The van der Waals surface area contributed by atoms with Crippen molar-refractivity contribution in [2.75, 3.05) is 0 Å². The van der Waals surface area contributed by atoms with Gasteiger partial charge in [-0.05, 0) is 30.2 Å². The van der Waals surface area contributed by atoms with E-state index in [1.54, 1.807) is 36.4 Å². The van der Waals surface area contributed by atoms with Crippen LogP contribution in [-0.4, -0.2) is 12.0 Å². The van der Waals surface area contributed by atoms with E-state index in [1.165, 1.54) is 6.07 Å². The summed E-state index contributed by atoms with van der Waals surface area (Å²) in [7, 11) is 0. The van der Waals surface area contributed by atoms with Crippen LogP contribution in [0, 0.1) is 5.92 Å². The lowest BCUT2D eigenvalue weighted by Gasteiger charge is -2.14. The van der Waals surface area contributed by atoms with Crippen molar-refractivity contribution in [1.29, 1.82) is 0 Å². The largest absolute Gasteiger partial charge is 0.456 e. The van der Waals surface area contributed by atoms with Crippen molar-refractivity contribution >= 4 is 40.3 Å². The van der Waals surface area contributed by atoms with Gasteiger partial charge in [-0.2, -0.15) is 0 Å². The number of carbonyl (C=O) groups is 1. The Morgan fingerprint density at radius 1 is 1.08 bits per heavy atom. The van der Waals surface area contributed by atoms with Crippen molar-refractivity contribution in [1.82, 2.24) is 0 Å². The predicted octanol–water partition coefficient (Wildman–Crippen LogP) is 3.26. The quantitative estimate of drug-likeness (QED) is 0.446. The molecule has 0 aliphatic carbocycles. The van der Waals surface area contributed by atoms with Gasteiger partial charge < -0.3 is 14.9 Å². The van der Waals surface area contributed by atoms with Crippen LogP contribution in [0.15, 0.2) is 51.7 Å². The molecule has 24 heavy (non-hydrogen) atoms. The second-order valence-electron chi connectivity index (χ2n) is 5.78. The Kier molecular flexibility index (Phi) is 5.26. The molecule has 0 spiro atoms. The van der Waals surface area contributed by atoms with Gasteiger partial charge in [0.2, 0.25) is 5.43 Å². The number of carbonyl (C=O) groups excluding carboxylic acids is 1. The van der Waals surface area contributed by atoms with Crippen molar-refractivity contribution in [3.8, 4) is 5.75 Å². The zero-order valence-electron chi connectivity index (χ0n) is 13.3. The first-order valence-corrected chi connectivity index (χ1v) is 7.40. The van der Waals surface area contributed by atoms with Crippen LogP contribution in [0.5, 0.6) is 5.75 Å². The van der Waals surface area contributed by atoms with Crippen LogP contribution in [0.2, 0.25) is 0 Å². The van der Waals surface area contributed by atoms with Gasteiger partial charge in [-0.25, -0.2) is 4.79 Å². The third kappa shape index (κ3) is 3.27. The van der Waals surface area contributed by atoms with E-state index in [2.05, 4.69) is 0 Å². The van der Waals surface area contributed by atoms with Gasteiger partial charge in [0.25, 0.3) is 0 Å². The number of benzene rings is 2. The summed E-state index contributed by atoms with van der Waals surface area (Å²) < 4.78 is 11.0. The predicted molar refractivity (Wildman–Crippen MR) is 95.7 cm³/mol. The molecule has 0 aliphatic heterocycles. The summed E-state index contributed by atoms with van der Waals surface area (Å²) in [5.41, 5.74) is 6.52. The zero-order valence-corrected chi connectivity index (χ0v) is 14.1. The van der Waals surface area contributed by atoms with Crippen LogP contribution < -0.4 is 15.9 Å². The van der Waals surface area contributed by atoms with Crippen LogP contribution in [0.1, 0.15) is 13.8 Å². The number of fused-ring (bicyclic) bond motifs is 2. The molecular weight excluding hydrogens is 330 g/mol. The molecule has 0 aliphatic rings. The Balaban J connectivity index is 0.00000208. The maximum absolute atomic E-state index is 12.4. The number of hydrogen-bond donors (Lipinski definition) is 1. The number of esters is 1. The highest BCUT2D eigenvalue weighted by Crippen LogP contribution is 2.23. The Hall–Kier alpha value is -2.37. The second kappa shape index (κ2) is 7.03. The lowest BCUT2D eigenvalue weighted by atomic mass is 10.1. The first kappa shape index (κ1) is 18.0.